The summed E-state index contributed by atoms with van der Waals surface area (Å²) in [5.41, 5.74) is 1.63. The Morgan fingerprint density at radius 2 is 2.07 bits per heavy atom. The molecule has 2 aromatic rings. The first kappa shape index (κ1) is 17.8. The summed E-state index contributed by atoms with van der Waals surface area (Å²) in [6.45, 7) is 3.89. The molecule has 2 atom stereocenters. The largest absolute Gasteiger partial charge is 0.496 e. The van der Waals surface area contributed by atoms with Crippen LogP contribution < -0.4 is 14.8 Å². The minimum Gasteiger partial charge on any atom is -0.496 e. The lowest BCUT2D eigenvalue weighted by Gasteiger charge is -2.29. The zero-order valence-corrected chi connectivity index (χ0v) is 15.3. The summed E-state index contributed by atoms with van der Waals surface area (Å²) in [5.74, 6) is 2.10. The van der Waals surface area contributed by atoms with Crippen LogP contribution in [0.1, 0.15) is 21.8 Å². The average molecular weight is 370 g/mol. The summed E-state index contributed by atoms with van der Waals surface area (Å²) in [6, 6.07) is 11.5. The zero-order valence-electron chi connectivity index (χ0n) is 15.3. The Hall–Kier alpha value is -2.60. The normalized spacial score (nSPS) is 21.1. The number of halogens is 1. The Morgan fingerprint density at radius 1 is 1.26 bits per heavy atom. The van der Waals surface area contributed by atoms with E-state index >= 15 is 0 Å². The lowest BCUT2D eigenvalue weighted by molar-refractivity contribution is 0.0949. The van der Waals surface area contributed by atoms with E-state index in [0.717, 1.165) is 36.7 Å². The molecule has 1 N–H and O–H groups in total. The summed E-state index contributed by atoms with van der Waals surface area (Å²) < 4.78 is 24.4. The van der Waals surface area contributed by atoms with Crippen LogP contribution in [0.2, 0.25) is 0 Å². The molecule has 142 valence electrons. The van der Waals surface area contributed by atoms with Gasteiger partial charge in [0.15, 0.2) is 0 Å². The number of benzene rings is 2. The molecule has 4 rings (SSSR count). The summed E-state index contributed by atoms with van der Waals surface area (Å²) in [5, 5.41) is 2.91. The van der Waals surface area contributed by atoms with Crippen molar-refractivity contribution in [2.24, 2.45) is 5.92 Å². The molecule has 1 saturated heterocycles. The molecular weight excluding hydrogens is 347 g/mol. The van der Waals surface area contributed by atoms with Gasteiger partial charge in [-0.3, -0.25) is 4.79 Å². The minimum atomic E-state index is -0.343. The second kappa shape index (κ2) is 7.56. The Kier molecular flexibility index (Phi) is 4.99. The Bertz CT molecular complexity index is 810. The van der Waals surface area contributed by atoms with E-state index in [1.807, 2.05) is 18.2 Å². The SMILES string of the molecule is COc1cccc2c1[C@H]1CN(CCNC(=O)c3ccc(F)cc3)C[C@@H]1CO2. The van der Waals surface area contributed by atoms with Gasteiger partial charge in [0.1, 0.15) is 17.3 Å². The van der Waals surface area contributed by atoms with E-state index in [1.54, 1.807) is 7.11 Å². The quantitative estimate of drug-likeness (QED) is 0.879. The van der Waals surface area contributed by atoms with Crippen molar-refractivity contribution in [3.05, 3.63) is 59.4 Å². The summed E-state index contributed by atoms with van der Waals surface area (Å²) in [4.78, 5) is 14.5. The molecule has 6 heteroatoms. The highest BCUT2D eigenvalue weighted by Crippen LogP contribution is 2.45. The molecule has 2 aliphatic rings. The average Bonchev–Trinajstić information content (AvgIpc) is 3.11. The first-order valence-electron chi connectivity index (χ1n) is 9.21. The Morgan fingerprint density at radius 3 is 2.85 bits per heavy atom. The fourth-order valence-electron chi connectivity index (χ4n) is 4.06. The highest BCUT2D eigenvalue weighted by molar-refractivity contribution is 5.94. The number of methoxy groups -OCH3 is 1. The van der Waals surface area contributed by atoms with Crippen molar-refractivity contribution < 1.29 is 18.7 Å². The number of hydrogen-bond donors (Lipinski definition) is 1. The number of hydrogen-bond acceptors (Lipinski definition) is 4. The van der Waals surface area contributed by atoms with Crippen LogP contribution in [0.25, 0.3) is 0 Å². The van der Waals surface area contributed by atoms with Gasteiger partial charge in [-0.1, -0.05) is 6.07 Å². The first-order chi connectivity index (χ1) is 13.2. The van der Waals surface area contributed by atoms with Gasteiger partial charge < -0.3 is 19.7 Å². The molecule has 2 aromatic carbocycles. The summed E-state index contributed by atoms with van der Waals surface area (Å²) in [6.07, 6.45) is 0. The molecule has 0 bridgehead atoms. The van der Waals surface area contributed by atoms with E-state index in [2.05, 4.69) is 10.2 Å². The number of carbonyl (C=O) groups is 1. The lowest BCUT2D eigenvalue weighted by Crippen LogP contribution is -2.34. The van der Waals surface area contributed by atoms with Crippen molar-refractivity contribution >= 4 is 5.91 Å². The molecule has 27 heavy (non-hydrogen) atoms. The van der Waals surface area contributed by atoms with E-state index in [9.17, 15) is 9.18 Å². The third-order valence-electron chi connectivity index (χ3n) is 5.41. The molecule has 1 amide bonds. The van der Waals surface area contributed by atoms with E-state index in [-0.39, 0.29) is 11.7 Å². The van der Waals surface area contributed by atoms with Gasteiger partial charge in [-0.2, -0.15) is 0 Å². The molecule has 0 aromatic heterocycles. The number of nitrogens with zero attached hydrogens (tertiary/aromatic N) is 1. The highest BCUT2D eigenvalue weighted by atomic mass is 19.1. The first-order valence-corrected chi connectivity index (χ1v) is 9.21. The summed E-state index contributed by atoms with van der Waals surface area (Å²) in [7, 11) is 1.69. The van der Waals surface area contributed by atoms with Crippen molar-refractivity contribution in [3.8, 4) is 11.5 Å². The van der Waals surface area contributed by atoms with Crippen molar-refractivity contribution in [1.82, 2.24) is 10.2 Å². The predicted molar refractivity (Wildman–Crippen MR) is 99.9 cm³/mol. The second-order valence-corrected chi connectivity index (χ2v) is 7.07. The molecular formula is C21H23FN2O3. The van der Waals surface area contributed by atoms with Crippen LogP contribution in [-0.4, -0.2) is 50.7 Å². The third-order valence-corrected chi connectivity index (χ3v) is 5.41. The number of rotatable bonds is 5. The van der Waals surface area contributed by atoms with Gasteiger partial charge >= 0.3 is 0 Å². The third kappa shape index (κ3) is 3.62. The highest BCUT2D eigenvalue weighted by Gasteiger charge is 2.40. The van der Waals surface area contributed by atoms with Crippen LogP contribution in [0, 0.1) is 11.7 Å². The van der Waals surface area contributed by atoms with Crippen LogP contribution in [0.5, 0.6) is 11.5 Å². The number of nitrogens with one attached hydrogen (secondary N) is 1. The maximum Gasteiger partial charge on any atom is 0.251 e. The Balaban J connectivity index is 1.35. The van der Waals surface area contributed by atoms with E-state index < -0.39 is 0 Å². The van der Waals surface area contributed by atoms with Crippen molar-refractivity contribution in [2.45, 2.75) is 5.92 Å². The molecule has 0 radical (unpaired) electrons. The van der Waals surface area contributed by atoms with Gasteiger partial charge in [0, 0.05) is 49.1 Å². The fraction of sp³-hybridized carbons (Fsp3) is 0.381. The molecule has 0 spiro atoms. The number of fused-ring (bicyclic) bond motifs is 3. The Labute approximate surface area is 158 Å². The summed E-state index contributed by atoms with van der Waals surface area (Å²) >= 11 is 0. The smallest absolute Gasteiger partial charge is 0.251 e. The van der Waals surface area contributed by atoms with E-state index in [1.165, 1.54) is 24.3 Å². The predicted octanol–water partition coefficient (Wildman–Crippen LogP) is 2.67. The minimum absolute atomic E-state index is 0.179. The number of carbonyl (C=O) groups excluding carboxylic acids is 1. The molecule has 0 unspecified atom stereocenters. The van der Waals surface area contributed by atoms with Gasteiger partial charge in [-0.25, -0.2) is 4.39 Å². The van der Waals surface area contributed by atoms with E-state index in [0.29, 0.717) is 30.6 Å². The van der Waals surface area contributed by atoms with Crippen LogP contribution >= 0.6 is 0 Å². The van der Waals surface area contributed by atoms with Gasteiger partial charge in [-0.05, 0) is 36.4 Å². The van der Waals surface area contributed by atoms with Crippen molar-refractivity contribution in [3.63, 3.8) is 0 Å². The van der Waals surface area contributed by atoms with Crippen LogP contribution in [0.3, 0.4) is 0 Å². The lowest BCUT2D eigenvalue weighted by atomic mass is 9.86. The maximum absolute atomic E-state index is 13.0. The van der Waals surface area contributed by atoms with E-state index in [4.69, 9.17) is 9.47 Å². The van der Waals surface area contributed by atoms with Gasteiger partial charge in [0.05, 0.1) is 13.7 Å². The molecule has 1 fully saturated rings. The van der Waals surface area contributed by atoms with Gasteiger partial charge in [0.25, 0.3) is 5.91 Å². The van der Waals surface area contributed by atoms with Crippen molar-refractivity contribution in [1.29, 1.82) is 0 Å². The molecule has 2 heterocycles. The standard InChI is InChI=1S/C21H23FN2O3/c1-26-18-3-2-4-19-20(18)17-12-24(11-15(17)13-27-19)10-9-23-21(25)14-5-7-16(22)8-6-14/h2-8,15,17H,9-13H2,1H3,(H,23,25)/t15-,17+/m1/s1. The van der Waals surface area contributed by atoms with Crippen LogP contribution in [0.4, 0.5) is 4.39 Å². The van der Waals surface area contributed by atoms with Crippen LogP contribution in [0.15, 0.2) is 42.5 Å². The fourth-order valence-corrected chi connectivity index (χ4v) is 4.06. The molecule has 5 nitrogen and oxygen atoms in total. The second-order valence-electron chi connectivity index (χ2n) is 7.07. The molecule has 0 saturated carbocycles. The molecule has 2 aliphatic heterocycles. The monoisotopic (exact) mass is 370 g/mol. The van der Waals surface area contributed by atoms with Gasteiger partial charge in [-0.15, -0.1) is 0 Å². The number of ether oxygens (including phenoxy) is 2. The van der Waals surface area contributed by atoms with Gasteiger partial charge in [0.2, 0.25) is 0 Å². The van der Waals surface area contributed by atoms with Crippen molar-refractivity contribution in [2.75, 3.05) is 39.9 Å². The number of likely N-dealkylation sites (tertiary alicyclic amines) is 1. The number of amides is 1. The molecule has 0 aliphatic carbocycles. The zero-order chi connectivity index (χ0) is 18.8. The topological polar surface area (TPSA) is 50.8 Å². The maximum atomic E-state index is 13.0. The van der Waals surface area contributed by atoms with Crippen LogP contribution in [-0.2, 0) is 0 Å².